The van der Waals surface area contributed by atoms with Gasteiger partial charge in [0.2, 0.25) is 0 Å². The maximum Gasteiger partial charge on any atom is 0.416 e. The van der Waals surface area contributed by atoms with Gasteiger partial charge < -0.3 is 4.79 Å². The molecule has 1 rings (SSSR count). The summed E-state index contributed by atoms with van der Waals surface area (Å²) in [6.07, 6.45) is -3.10. The molecule has 0 bridgehead atoms. The summed E-state index contributed by atoms with van der Waals surface area (Å²) in [5.41, 5.74) is -0.142. The van der Waals surface area contributed by atoms with Crippen molar-refractivity contribution < 1.29 is 18.0 Å². The predicted octanol–water partition coefficient (Wildman–Crippen LogP) is 3.41. The molecule has 0 aliphatic rings. The molecule has 0 aliphatic carbocycles. The highest BCUT2D eigenvalue weighted by Crippen LogP contribution is 2.33. The van der Waals surface area contributed by atoms with Crippen molar-refractivity contribution in [1.29, 1.82) is 0 Å². The van der Waals surface area contributed by atoms with Crippen molar-refractivity contribution in [2.45, 2.75) is 23.9 Å². The first kappa shape index (κ1) is 15.0. The Morgan fingerprint density at radius 1 is 1.28 bits per heavy atom. The van der Waals surface area contributed by atoms with E-state index in [-0.39, 0.29) is 6.42 Å². The number of rotatable bonds is 5. The van der Waals surface area contributed by atoms with Gasteiger partial charge in [-0.1, -0.05) is 0 Å². The van der Waals surface area contributed by atoms with Crippen molar-refractivity contribution in [2.75, 3.05) is 14.1 Å². The first-order valence-electron chi connectivity index (χ1n) is 5.33. The summed E-state index contributed by atoms with van der Waals surface area (Å²) in [5, 5.41) is 0. The van der Waals surface area contributed by atoms with E-state index in [1.165, 1.54) is 11.9 Å². The van der Waals surface area contributed by atoms with E-state index in [1.807, 2.05) is 0 Å². The molecule has 1 aromatic rings. The highest BCUT2D eigenvalue weighted by molar-refractivity contribution is 7.97. The van der Waals surface area contributed by atoms with E-state index in [9.17, 15) is 18.0 Å². The molecule has 18 heavy (non-hydrogen) atoms. The minimum atomic E-state index is -4.36. The molecule has 0 heterocycles. The first-order chi connectivity index (χ1) is 8.32. The fourth-order valence-electron chi connectivity index (χ4n) is 1.46. The van der Waals surface area contributed by atoms with Gasteiger partial charge in [-0.15, -0.1) is 0 Å². The van der Waals surface area contributed by atoms with Gasteiger partial charge in [0.25, 0.3) is 0 Å². The number of alkyl halides is 3. The van der Waals surface area contributed by atoms with Gasteiger partial charge in [0.1, 0.15) is 6.29 Å². The molecule has 0 aromatic heterocycles. The van der Waals surface area contributed by atoms with Crippen LogP contribution in [0.1, 0.15) is 17.5 Å². The molecule has 0 aliphatic heterocycles. The lowest BCUT2D eigenvalue weighted by molar-refractivity contribution is -0.137. The highest BCUT2D eigenvalue weighted by atomic mass is 32.2. The van der Waals surface area contributed by atoms with Crippen LogP contribution in [-0.4, -0.2) is 24.7 Å². The molecule has 0 amide bonds. The maximum absolute atomic E-state index is 12.7. The molecule has 0 N–H and O–H groups in total. The van der Waals surface area contributed by atoms with Crippen LogP contribution < -0.4 is 0 Å². The standard InChI is InChI=1S/C12H14F3NOS/c1-16(2)18-11-7-9(4-3-5-17)6-10(8-11)12(13,14)15/h5-8H,3-4H2,1-2H3. The lowest BCUT2D eigenvalue weighted by atomic mass is 10.1. The zero-order valence-electron chi connectivity index (χ0n) is 10.1. The van der Waals surface area contributed by atoms with Crippen molar-refractivity contribution in [3.8, 4) is 0 Å². The Kier molecular flexibility index (Phi) is 5.22. The number of hydrogen-bond donors (Lipinski definition) is 0. The van der Waals surface area contributed by atoms with Gasteiger partial charge in [-0.2, -0.15) is 13.2 Å². The van der Waals surface area contributed by atoms with Gasteiger partial charge in [-0.3, -0.25) is 4.31 Å². The van der Waals surface area contributed by atoms with Crippen LogP contribution >= 0.6 is 11.9 Å². The second-order valence-corrected chi connectivity index (χ2v) is 5.36. The smallest absolute Gasteiger partial charge is 0.303 e. The fraction of sp³-hybridized carbons (Fsp3) is 0.417. The highest BCUT2D eigenvalue weighted by Gasteiger charge is 2.31. The lowest BCUT2D eigenvalue weighted by Crippen LogP contribution is -2.07. The van der Waals surface area contributed by atoms with Crippen molar-refractivity contribution >= 4 is 18.2 Å². The summed E-state index contributed by atoms with van der Waals surface area (Å²) in [4.78, 5) is 10.8. The molecule has 0 unspecified atom stereocenters. The number of aryl methyl sites for hydroxylation is 1. The van der Waals surface area contributed by atoms with Crippen LogP contribution in [0.2, 0.25) is 0 Å². The molecule has 0 atom stereocenters. The topological polar surface area (TPSA) is 20.3 Å². The third kappa shape index (κ3) is 4.70. The van der Waals surface area contributed by atoms with Crippen molar-refractivity contribution in [1.82, 2.24) is 4.31 Å². The second kappa shape index (κ2) is 6.24. The van der Waals surface area contributed by atoms with Crippen molar-refractivity contribution in [3.63, 3.8) is 0 Å². The first-order valence-corrected chi connectivity index (χ1v) is 6.10. The average Bonchev–Trinajstić information content (AvgIpc) is 2.24. The summed E-state index contributed by atoms with van der Waals surface area (Å²) in [7, 11) is 3.52. The van der Waals surface area contributed by atoms with Crippen molar-refractivity contribution in [2.24, 2.45) is 0 Å². The number of carbonyl (C=O) groups is 1. The molecule has 1 aromatic carbocycles. The fourth-order valence-corrected chi connectivity index (χ4v) is 2.26. The Morgan fingerprint density at radius 2 is 1.94 bits per heavy atom. The zero-order chi connectivity index (χ0) is 13.8. The summed E-state index contributed by atoms with van der Waals surface area (Å²) in [5.74, 6) is 0. The van der Waals surface area contributed by atoms with Crippen LogP contribution in [0.15, 0.2) is 23.1 Å². The van der Waals surface area contributed by atoms with Gasteiger partial charge in [0.15, 0.2) is 0 Å². The minimum Gasteiger partial charge on any atom is -0.303 e. The molecule has 2 nitrogen and oxygen atoms in total. The van der Waals surface area contributed by atoms with Crippen LogP contribution in [0.5, 0.6) is 0 Å². The number of benzene rings is 1. The van der Waals surface area contributed by atoms with E-state index in [1.54, 1.807) is 24.5 Å². The van der Waals surface area contributed by atoms with E-state index >= 15 is 0 Å². The number of halogens is 3. The largest absolute Gasteiger partial charge is 0.416 e. The van der Waals surface area contributed by atoms with Gasteiger partial charge >= 0.3 is 6.18 Å². The molecule has 0 fully saturated rings. The Morgan fingerprint density at radius 3 is 2.44 bits per heavy atom. The number of nitrogens with zero attached hydrogens (tertiary/aromatic N) is 1. The van der Waals surface area contributed by atoms with E-state index < -0.39 is 11.7 Å². The van der Waals surface area contributed by atoms with Crippen LogP contribution in [0, 0.1) is 0 Å². The Balaban J connectivity index is 3.07. The number of carbonyl (C=O) groups excluding carboxylic acids is 1. The van der Waals surface area contributed by atoms with Gasteiger partial charge in [0.05, 0.1) is 5.56 Å². The van der Waals surface area contributed by atoms with E-state index in [0.29, 0.717) is 23.2 Å². The van der Waals surface area contributed by atoms with E-state index in [0.717, 1.165) is 12.1 Å². The quantitative estimate of drug-likeness (QED) is 0.607. The summed E-state index contributed by atoms with van der Waals surface area (Å²) in [6.45, 7) is 0. The molecule has 0 saturated carbocycles. The normalized spacial score (nSPS) is 11.9. The van der Waals surface area contributed by atoms with Crippen LogP contribution in [0.3, 0.4) is 0 Å². The Labute approximate surface area is 108 Å². The summed E-state index contributed by atoms with van der Waals surface area (Å²) < 4.78 is 39.9. The SMILES string of the molecule is CN(C)Sc1cc(CCC=O)cc(C(F)(F)F)c1. The molecule has 0 spiro atoms. The lowest BCUT2D eigenvalue weighted by Gasteiger charge is -2.14. The number of hydrogen-bond acceptors (Lipinski definition) is 3. The van der Waals surface area contributed by atoms with Gasteiger partial charge in [0, 0.05) is 11.3 Å². The predicted molar refractivity (Wildman–Crippen MR) is 65.4 cm³/mol. The zero-order valence-corrected chi connectivity index (χ0v) is 10.9. The van der Waals surface area contributed by atoms with Crippen molar-refractivity contribution in [3.05, 3.63) is 29.3 Å². The Bertz CT molecular complexity index is 418. The van der Waals surface area contributed by atoms with Gasteiger partial charge in [-0.05, 0) is 56.2 Å². The molecule has 0 radical (unpaired) electrons. The minimum absolute atomic E-state index is 0.230. The second-order valence-electron chi connectivity index (χ2n) is 3.97. The number of aldehydes is 1. The maximum atomic E-state index is 12.7. The van der Waals surface area contributed by atoms with Crippen LogP contribution in [-0.2, 0) is 17.4 Å². The molecule has 0 saturated heterocycles. The van der Waals surface area contributed by atoms with Crippen LogP contribution in [0.4, 0.5) is 13.2 Å². The van der Waals surface area contributed by atoms with E-state index in [4.69, 9.17) is 0 Å². The average molecular weight is 277 g/mol. The third-order valence-electron chi connectivity index (χ3n) is 2.13. The van der Waals surface area contributed by atoms with Gasteiger partial charge in [-0.25, -0.2) is 0 Å². The summed E-state index contributed by atoms with van der Waals surface area (Å²) in [6, 6.07) is 3.90. The molecule has 100 valence electrons. The molecular weight excluding hydrogens is 263 g/mol. The summed E-state index contributed by atoms with van der Waals surface area (Å²) >= 11 is 1.22. The Hall–Kier alpha value is -1.01. The molecular formula is C12H14F3NOS. The van der Waals surface area contributed by atoms with E-state index in [2.05, 4.69) is 0 Å². The monoisotopic (exact) mass is 277 g/mol. The van der Waals surface area contributed by atoms with Crippen LogP contribution in [0.25, 0.3) is 0 Å². The molecule has 6 heteroatoms. The third-order valence-corrected chi connectivity index (χ3v) is 2.94.